The minimum atomic E-state index is -0.689. The van der Waals surface area contributed by atoms with Crippen molar-refractivity contribution in [3.63, 3.8) is 0 Å². The summed E-state index contributed by atoms with van der Waals surface area (Å²) in [5.41, 5.74) is -0.675. The molecule has 1 aromatic carbocycles. The van der Waals surface area contributed by atoms with Gasteiger partial charge in [0.2, 0.25) is 0 Å². The molecule has 2 rings (SSSR count). The third-order valence-corrected chi connectivity index (χ3v) is 2.59. The largest absolute Gasteiger partial charge is 0.486 e. The minimum Gasteiger partial charge on any atom is -0.486 e. The van der Waals surface area contributed by atoms with Crippen LogP contribution >= 0.6 is 0 Å². The Bertz CT molecular complexity index is 643. The van der Waals surface area contributed by atoms with Crippen LogP contribution < -0.4 is 10.4 Å². The molecule has 0 bridgehead atoms. The summed E-state index contributed by atoms with van der Waals surface area (Å²) >= 11 is 0. The Kier molecular flexibility index (Phi) is 3.46. The Hall–Kier alpha value is -2.10. The molecule has 0 unspecified atom stereocenters. The van der Waals surface area contributed by atoms with Crippen molar-refractivity contribution in [2.24, 2.45) is 0 Å². The summed E-state index contributed by atoms with van der Waals surface area (Å²) in [7, 11) is 0. The molecule has 18 heavy (non-hydrogen) atoms. The Balaban J connectivity index is 2.63. The van der Waals surface area contributed by atoms with Gasteiger partial charge in [-0.15, -0.1) is 0 Å². The zero-order valence-electron chi connectivity index (χ0n) is 10.0. The second-order valence-corrected chi connectivity index (χ2v) is 3.80. The van der Waals surface area contributed by atoms with Crippen molar-refractivity contribution in [1.82, 2.24) is 0 Å². The van der Waals surface area contributed by atoms with Gasteiger partial charge in [0.25, 0.3) is 0 Å². The van der Waals surface area contributed by atoms with E-state index in [1.807, 2.05) is 6.92 Å². The van der Waals surface area contributed by atoms with Crippen molar-refractivity contribution in [2.45, 2.75) is 13.3 Å². The van der Waals surface area contributed by atoms with E-state index < -0.39 is 11.4 Å². The first-order valence-electron chi connectivity index (χ1n) is 5.66. The number of fused-ring (bicyclic) bond motifs is 1. The Labute approximate surface area is 103 Å². The molecule has 1 aromatic heterocycles. The molecule has 0 aliphatic rings. The smallest absolute Gasteiger partial charge is 0.346 e. The molecule has 0 N–H and O–H groups in total. The highest BCUT2D eigenvalue weighted by Crippen LogP contribution is 2.24. The van der Waals surface area contributed by atoms with Gasteiger partial charge in [-0.05, 0) is 17.5 Å². The molecule has 3 nitrogen and oxygen atoms in total. The van der Waals surface area contributed by atoms with Gasteiger partial charge >= 0.3 is 5.63 Å². The van der Waals surface area contributed by atoms with Crippen LogP contribution in [-0.4, -0.2) is 6.61 Å². The SMILES string of the molecule is C=CCOc1ccc2cc(CC)oc(=O)c2c1F. The zero-order chi connectivity index (χ0) is 13.1. The molecule has 0 spiro atoms. The van der Waals surface area contributed by atoms with Gasteiger partial charge in [0.05, 0.1) is 0 Å². The van der Waals surface area contributed by atoms with E-state index in [2.05, 4.69) is 6.58 Å². The third kappa shape index (κ3) is 2.14. The maximum atomic E-state index is 14.1. The maximum Gasteiger partial charge on any atom is 0.346 e. The fourth-order valence-corrected chi connectivity index (χ4v) is 1.71. The Morgan fingerprint density at radius 1 is 1.50 bits per heavy atom. The van der Waals surface area contributed by atoms with Gasteiger partial charge in [0, 0.05) is 6.42 Å². The van der Waals surface area contributed by atoms with Crippen LogP contribution in [0.2, 0.25) is 0 Å². The van der Waals surface area contributed by atoms with Crippen LogP contribution in [0.1, 0.15) is 12.7 Å². The van der Waals surface area contributed by atoms with Crippen molar-refractivity contribution in [3.05, 3.63) is 52.9 Å². The molecular weight excluding hydrogens is 235 g/mol. The fraction of sp³-hybridized carbons (Fsp3) is 0.214. The lowest BCUT2D eigenvalue weighted by Crippen LogP contribution is -2.06. The molecule has 4 heteroatoms. The third-order valence-electron chi connectivity index (χ3n) is 2.59. The molecule has 0 saturated heterocycles. The molecule has 0 amide bonds. The molecule has 1 heterocycles. The number of aryl methyl sites for hydroxylation is 1. The number of hydrogen-bond acceptors (Lipinski definition) is 3. The maximum absolute atomic E-state index is 14.1. The minimum absolute atomic E-state index is 0.0268. The van der Waals surface area contributed by atoms with E-state index >= 15 is 0 Å². The summed E-state index contributed by atoms with van der Waals surface area (Å²) in [6.07, 6.45) is 2.09. The number of hydrogen-bond donors (Lipinski definition) is 0. The van der Waals surface area contributed by atoms with Crippen LogP contribution in [0.3, 0.4) is 0 Å². The van der Waals surface area contributed by atoms with Gasteiger partial charge in [0.15, 0.2) is 11.6 Å². The van der Waals surface area contributed by atoms with Crippen LogP contribution in [0.15, 0.2) is 40.1 Å². The van der Waals surface area contributed by atoms with E-state index in [0.717, 1.165) is 0 Å². The van der Waals surface area contributed by atoms with Crippen molar-refractivity contribution in [2.75, 3.05) is 6.61 Å². The topological polar surface area (TPSA) is 39.4 Å². The van der Waals surface area contributed by atoms with E-state index in [1.54, 1.807) is 12.1 Å². The van der Waals surface area contributed by atoms with Crippen molar-refractivity contribution in [3.8, 4) is 5.75 Å². The summed E-state index contributed by atoms with van der Waals surface area (Å²) in [4.78, 5) is 11.7. The van der Waals surface area contributed by atoms with Crippen molar-refractivity contribution < 1.29 is 13.5 Å². The average molecular weight is 248 g/mol. The normalized spacial score (nSPS) is 10.6. The Morgan fingerprint density at radius 3 is 2.94 bits per heavy atom. The highest BCUT2D eigenvalue weighted by Gasteiger charge is 2.13. The van der Waals surface area contributed by atoms with Crippen LogP contribution in [0.5, 0.6) is 5.75 Å². The molecule has 94 valence electrons. The first-order chi connectivity index (χ1) is 8.67. The van der Waals surface area contributed by atoms with E-state index in [9.17, 15) is 9.18 Å². The van der Waals surface area contributed by atoms with Crippen LogP contribution in [0.4, 0.5) is 4.39 Å². The van der Waals surface area contributed by atoms with Gasteiger partial charge in [0.1, 0.15) is 17.8 Å². The summed E-state index contributed by atoms with van der Waals surface area (Å²) in [5.74, 6) is -0.128. The predicted octanol–water partition coefficient (Wildman–Crippen LogP) is 3.06. The van der Waals surface area contributed by atoms with Gasteiger partial charge < -0.3 is 9.15 Å². The zero-order valence-corrected chi connectivity index (χ0v) is 10.0. The number of ether oxygens (including phenoxy) is 1. The van der Waals surface area contributed by atoms with Crippen molar-refractivity contribution >= 4 is 10.8 Å². The predicted molar refractivity (Wildman–Crippen MR) is 67.5 cm³/mol. The van der Waals surface area contributed by atoms with Gasteiger partial charge in [-0.2, -0.15) is 0 Å². The standard InChI is InChI=1S/C14H13FO3/c1-3-7-17-11-6-5-9-8-10(4-2)18-14(16)12(9)13(11)15/h3,5-6,8H,1,4,7H2,2H3. The molecule has 0 radical (unpaired) electrons. The monoisotopic (exact) mass is 248 g/mol. The summed E-state index contributed by atoms with van der Waals surface area (Å²) in [6, 6.07) is 4.81. The average Bonchev–Trinajstić information content (AvgIpc) is 2.37. The molecule has 0 fully saturated rings. The highest BCUT2D eigenvalue weighted by atomic mass is 19.1. The van der Waals surface area contributed by atoms with Crippen LogP contribution in [0.25, 0.3) is 10.8 Å². The van der Waals surface area contributed by atoms with E-state index in [0.29, 0.717) is 17.6 Å². The summed E-state index contributed by atoms with van der Waals surface area (Å²) in [6.45, 7) is 5.52. The van der Waals surface area contributed by atoms with Gasteiger partial charge in [-0.1, -0.05) is 25.6 Å². The fourth-order valence-electron chi connectivity index (χ4n) is 1.71. The van der Waals surface area contributed by atoms with E-state index in [1.165, 1.54) is 12.1 Å². The lowest BCUT2D eigenvalue weighted by atomic mass is 10.1. The molecule has 0 saturated carbocycles. The molecule has 2 aromatic rings. The first-order valence-corrected chi connectivity index (χ1v) is 5.66. The summed E-state index contributed by atoms with van der Waals surface area (Å²) in [5, 5.41) is 0.445. The number of rotatable bonds is 4. The Morgan fingerprint density at radius 2 is 2.28 bits per heavy atom. The first kappa shape index (κ1) is 12.4. The number of benzene rings is 1. The van der Waals surface area contributed by atoms with E-state index in [4.69, 9.17) is 9.15 Å². The molecule has 0 aliphatic heterocycles. The second-order valence-electron chi connectivity index (χ2n) is 3.80. The number of halogens is 1. The molecule has 0 aliphatic carbocycles. The lowest BCUT2D eigenvalue weighted by Gasteiger charge is -2.07. The highest BCUT2D eigenvalue weighted by molar-refractivity contribution is 5.83. The van der Waals surface area contributed by atoms with Crippen molar-refractivity contribution in [1.29, 1.82) is 0 Å². The van der Waals surface area contributed by atoms with E-state index in [-0.39, 0.29) is 17.7 Å². The van der Waals surface area contributed by atoms with Crippen LogP contribution in [0, 0.1) is 5.82 Å². The molecular formula is C14H13FO3. The quantitative estimate of drug-likeness (QED) is 0.780. The molecule has 0 atom stereocenters. The second kappa shape index (κ2) is 5.04. The van der Waals surface area contributed by atoms with Gasteiger partial charge in [-0.3, -0.25) is 0 Å². The summed E-state index contributed by atoms with van der Waals surface area (Å²) < 4.78 is 24.2. The lowest BCUT2D eigenvalue weighted by molar-refractivity contribution is 0.343. The van der Waals surface area contributed by atoms with Gasteiger partial charge in [-0.25, -0.2) is 9.18 Å². The van der Waals surface area contributed by atoms with Crippen LogP contribution in [-0.2, 0) is 6.42 Å².